The van der Waals surface area contributed by atoms with Gasteiger partial charge in [0.1, 0.15) is 4.34 Å². The highest BCUT2D eigenvalue weighted by molar-refractivity contribution is 9.10. The molecule has 7 heteroatoms. The van der Waals surface area contributed by atoms with Gasteiger partial charge in [-0.05, 0) is 34.3 Å². The summed E-state index contributed by atoms with van der Waals surface area (Å²) in [6.07, 6.45) is 0.649. The first-order valence-corrected chi connectivity index (χ1v) is 8.60. The Morgan fingerprint density at radius 3 is 2.75 bits per heavy atom. The van der Waals surface area contributed by atoms with Crippen LogP contribution in [0.2, 0.25) is 4.34 Å². The SMILES string of the molecule is NC(c1cc(Br)c(Cl)s1)C1CCS(=O)(=O)C1. The zero-order chi connectivity index (χ0) is 11.9. The number of halogens is 2. The Bertz CT molecular complexity index is 480. The lowest BCUT2D eigenvalue weighted by Gasteiger charge is -2.15. The highest BCUT2D eigenvalue weighted by Gasteiger charge is 2.33. The standard InChI is InChI=1S/C9H11BrClNO2S2/c10-6-3-7(15-9(6)11)8(12)5-1-2-16(13,14)4-5/h3,5,8H,1-2,4,12H2. The van der Waals surface area contributed by atoms with E-state index in [4.69, 9.17) is 17.3 Å². The van der Waals surface area contributed by atoms with Crippen molar-refractivity contribution in [3.8, 4) is 0 Å². The summed E-state index contributed by atoms with van der Waals surface area (Å²) in [5, 5.41) is 0. The summed E-state index contributed by atoms with van der Waals surface area (Å²) in [5.74, 6) is 0.471. The molecule has 1 aliphatic rings. The van der Waals surface area contributed by atoms with Crippen LogP contribution in [-0.2, 0) is 9.84 Å². The van der Waals surface area contributed by atoms with Gasteiger partial charge in [-0.15, -0.1) is 11.3 Å². The van der Waals surface area contributed by atoms with Crippen molar-refractivity contribution in [2.45, 2.75) is 12.5 Å². The Morgan fingerprint density at radius 1 is 1.62 bits per heavy atom. The van der Waals surface area contributed by atoms with E-state index in [1.165, 1.54) is 11.3 Å². The topological polar surface area (TPSA) is 60.2 Å². The fourth-order valence-electron chi connectivity index (χ4n) is 1.87. The van der Waals surface area contributed by atoms with Crippen LogP contribution >= 0.6 is 38.9 Å². The Kier molecular flexibility index (Phi) is 3.66. The van der Waals surface area contributed by atoms with Gasteiger partial charge in [-0.1, -0.05) is 11.6 Å². The zero-order valence-corrected chi connectivity index (χ0v) is 12.3. The molecule has 0 bridgehead atoms. The number of hydrogen-bond acceptors (Lipinski definition) is 4. The van der Waals surface area contributed by atoms with E-state index in [1.54, 1.807) is 0 Å². The van der Waals surface area contributed by atoms with Gasteiger partial charge < -0.3 is 5.73 Å². The van der Waals surface area contributed by atoms with Crippen molar-refractivity contribution in [3.63, 3.8) is 0 Å². The van der Waals surface area contributed by atoms with Crippen molar-refractivity contribution in [1.82, 2.24) is 0 Å². The summed E-state index contributed by atoms with van der Waals surface area (Å²) in [7, 11) is -2.87. The summed E-state index contributed by atoms with van der Waals surface area (Å²) in [5.41, 5.74) is 6.07. The maximum absolute atomic E-state index is 11.4. The molecule has 2 unspecified atom stereocenters. The normalized spacial score (nSPS) is 25.8. The third-order valence-electron chi connectivity index (χ3n) is 2.77. The lowest BCUT2D eigenvalue weighted by atomic mass is 9.99. The van der Waals surface area contributed by atoms with Gasteiger partial charge in [0.15, 0.2) is 9.84 Å². The summed E-state index contributed by atoms with van der Waals surface area (Å²) in [6.45, 7) is 0. The maximum Gasteiger partial charge on any atom is 0.150 e. The number of nitrogens with two attached hydrogens (primary N) is 1. The smallest absolute Gasteiger partial charge is 0.150 e. The van der Waals surface area contributed by atoms with Crippen LogP contribution in [0.25, 0.3) is 0 Å². The van der Waals surface area contributed by atoms with Crippen molar-refractivity contribution in [1.29, 1.82) is 0 Å². The van der Waals surface area contributed by atoms with Crippen LogP contribution < -0.4 is 5.73 Å². The summed E-state index contributed by atoms with van der Waals surface area (Å²) < 4.78 is 24.2. The highest BCUT2D eigenvalue weighted by atomic mass is 79.9. The second-order valence-corrected chi connectivity index (χ2v) is 8.73. The van der Waals surface area contributed by atoms with Gasteiger partial charge in [0.2, 0.25) is 0 Å². The van der Waals surface area contributed by atoms with Gasteiger partial charge in [-0.3, -0.25) is 0 Å². The van der Waals surface area contributed by atoms with E-state index >= 15 is 0 Å². The molecule has 0 saturated carbocycles. The Hall–Kier alpha value is 0.380. The van der Waals surface area contributed by atoms with E-state index in [2.05, 4.69) is 15.9 Å². The number of sulfone groups is 1. The molecule has 0 radical (unpaired) electrons. The molecule has 2 heterocycles. The molecular weight excluding hydrogens is 334 g/mol. The van der Waals surface area contributed by atoms with Crippen molar-refractivity contribution in [3.05, 3.63) is 19.8 Å². The molecule has 2 atom stereocenters. The first-order valence-electron chi connectivity index (χ1n) is 4.80. The van der Waals surface area contributed by atoms with E-state index in [1.807, 2.05) is 6.07 Å². The quantitative estimate of drug-likeness (QED) is 0.897. The summed E-state index contributed by atoms with van der Waals surface area (Å²) in [6, 6.07) is 1.65. The fraction of sp³-hybridized carbons (Fsp3) is 0.556. The molecule has 1 aromatic heterocycles. The van der Waals surface area contributed by atoms with E-state index in [9.17, 15) is 8.42 Å². The first-order chi connectivity index (χ1) is 7.39. The van der Waals surface area contributed by atoms with Crippen molar-refractivity contribution < 1.29 is 8.42 Å². The van der Waals surface area contributed by atoms with Gasteiger partial charge in [0.05, 0.1) is 11.5 Å². The second kappa shape index (κ2) is 4.57. The van der Waals surface area contributed by atoms with Gasteiger partial charge >= 0.3 is 0 Å². The molecule has 0 aromatic carbocycles. The van der Waals surface area contributed by atoms with Crippen molar-refractivity contribution in [2.24, 2.45) is 11.7 Å². The second-order valence-electron chi connectivity index (χ2n) is 3.96. The Balaban J connectivity index is 2.17. The minimum atomic E-state index is -2.87. The molecule has 1 aliphatic heterocycles. The molecule has 3 nitrogen and oxygen atoms in total. The molecule has 1 fully saturated rings. The molecule has 0 aliphatic carbocycles. The molecule has 0 spiro atoms. The third kappa shape index (κ3) is 2.61. The minimum absolute atomic E-state index is 0.0200. The summed E-state index contributed by atoms with van der Waals surface area (Å²) >= 11 is 10.7. The summed E-state index contributed by atoms with van der Waals surface area (Å²) in [4.78, 5) is 0.943. The van der Waals surface area contributed by atoms with Crippen LogP contribution in [0.5, 0.6) is 0 Å². The Labute approximate surface area is 112 Å². The third-order valence-corrected chi connectivity index (χ3v) is 7.14. The van der Waals surface area contributed by atoms with Crippen LogP contribution in [0.3, 0.4) is 0 Å². The number of hydrogen-bond donors (Lipinski definition) is 1. The van der Waals surface area contributed by atoms with Gasteiger partial charge in [-0.25, -0.2) is 8.42 Å². The average molecular weight is 345 g/mol. The zero-order valence-electron chi connectivity index (χ0n) is 8.32. The van der Waals surface area contributed by atoms with E-state index in [-0.39, 0.29) is 23.5 Å². The monoisotopic (exact) mass is 343 g/mol. The maximum atomic E-state index is 11.4. The lowest BCUT2D eigenvalue weighted by Crippen LogP contribution is -2.21. The predicted octanol–water partition coefficient (Wildman–Crippen LogP) is 2.60. The molecule has 90 valence electrons. The van der Waals surface area contributed by atoms with Crippen molar-refractivity contribution >= 4 is 48.7 Å². The fourth-order valence-corrected chi connectivity index (χ4v) is 5.55. The lowest BCUT2D eigenvalue weighted by molar-refractivity contribution is 0.486. The van der Waals surface area contributed by atoms with Gasteiger partial charge in [0, 0.05) is 15.4 Å². The highest BCUT2D eigenvalue weighted by Crippen LogP contribution is 2.38. The molecular formula is C9H11BrClNO2S2. The van der Waals surface area contributed by atoms with Crippen LogP contribution in [0.15, 0.2) is 10.5 Å². The molecule has 0 amide bonds. The molecule has 16 heavy (non-hydrogen) atoms. The Morgan fingerprint density at radius 2 is 2.31 bits per heavy atom. The van der Waals surface area contributed by atoms with Crippen molar-refractivity contribution in [2.75, 3.05) is 11.5 Å². The number of rotatable bonds is 2. The predicted molar refractivity (Wildman–Crippen MR) is 70.7 cm³/mol. The van der Waals surface area contributed by atoms with Crippen LogP contribution in [0, 0.1) is 5.92 Å². The molecule has 1 aromatic rings. The first kappa shape index (κ1) is 12.8. The van der Waals surface area contributed by atoms with E-state index < -0.39 is 9.84 Å². The van der Waals surface area contributed by atoms with E-state index in [0.717, 1.165) is 9.35 Å². The van der Waals surface area contributed by atoms with Crippen LogP contribution in [0.1, 0.15) is 17.3 Å². The average Bonchev–Trinajstić information content (AvgIpc) is 2.70. The minimum Gasteiger partial charge on any atom is -0.323 e. The van der Waals surface area contributed by atoms with Crippen LogP contribution in [-0.4, -0.2) is 19.9 Å². The van der Waals surface area contributed by atoms with E-state index in [0.29, 0.717) is 10.8 Å². The van der Waals surface area contributed by atoms with Gasteiger partial charge in [0.25, 0.3) is 0 Å². The number of thiophene rings is 1. The molecule has 2 N–H and O–H groups in total. The molecule has 2 rings (SSSR count). The largest absolute Gasteiger partial charge is 0.323 e. The van der Waals surface area contributed by atoms with Crippen LogP contribution in [0.4, 0.5) is 0 Å². The van der Waals surface area contributed by atoms with Gasteiger partial charge in [-0.2, -0.15) is 0 Å². The molecule has 1 saturated heterocycles.